The van der Waals surface area contributed by atoms with Crippen molar-refractivity contribution in [1.29, 1.82) is 0 Å². The maximum absolute atomic E-state index is 12.1. The summed E-state index contributed by atoms with van der Waals surface area (Å²) < 4.78 is 29.4. The highest BCUT2D eigenvalue weighted by molar-refractivity contribution is 7.89. The van der Waals surface area contributed by atoms with Gasteiger partial charge in [0.05, 0.1) is 17.7 Å². The first-order chi connectivity index (χ1) is 10.0. The third kappa shape index (κ3) is 3.61. The molecule has 0 fully saturated rings. The number of nitrogens with one attached hydrogen (secondary N) is 1. The topological polar surface area (TPSA) is 67.8 Å². The van der Waals surface area contributed by atoms with Crippen LogP contribution in [0.4, 0.5) is 0 Å². The second-order valence-electron chi connectivity index (χ2n) is 4.31. The highest BCUT2D eigenvalue weighted by atomic mass is 32.2. The van der Waals surface area contributed by atoms with Gasteiger partial charge >= 0.3 is 0 Å². The van der Waals surface area contributed by atoms with E-state index < -0.39 is 10.0 Å². The van der Waals surface area contributed by atoms with E-state index in [9.17, 15) is 8.42 Å². The van der Waals surface area contributed by atoms with E-state index in [1.54, 1.807) is 38.3 Å². The zero-order chi connectivity index (χ0) is 15.3. The fraction of sp³-hybridized carbons (Fsp3) is 0.133. The zero-order valence-corrected chi connectivity index (χ0v) is 12.6. The molecule has 0 heterocycles. The van der Waals surface area contributed by atoms with Crippen molar-refractivity contribution in [3.8, 4) is 5.75 Å². The third-order valence-corrected chi connectivity index (χ3v) is 4.11. The second kappa shape index (κ2) is 6.41. The van der Waals surface area contributed by atoms with E-state index in [0.717, 1.165) is 5.56 Å². The Labute approximate surface area is 124 Å². The summed E-state index contributed by atoms with van der Waals surface area (Å²) in [5.74, 6) is 0.637. The van der Waals surface area contributed by atoms with Crippen LogP contribution in [0, 0.1) is 0 Å². The predicted molar refractivity (Wildman–Crippen MR) is 82.0 cm³/mol. The first-order valence-electron chi connectivity index (χ1n) is 6.29. The Kier molecular flexibility index (Phi) is 4.59. The second-order valence-corrected chi connectivity index (χ2v) is 5.97. The molecule has 0 unspecified atom stereocenters. The van der Waals surface area contributed by atoms with Crippen LogP contribution < -0.4 is 9.57 Å². The maximum Gasteiger partial charge on any atom is 0.276 e. The van der Waals surface area contributed by atoms with E-state index >= 15 is 0 Å². The van der Waals surface area contributed by atoms with Gasteiger partial charge in [0.2, 0.25) is 0 Å². The van der Waals surface area contributed by atoms with Crippen LogP contribution in [0.2, 0.25) is 0 Å². The Morgan fingerprint density at radius 3 is 2.33 bits per heavy atom. The molecular weight excluding hydrogens is 288 g/mol. The molecule has 0 aliphatic carbocycles. The van der Waals surface area contributed by atoms with Gasteiger partial charge in [0.1, 0.15) is 5.75 Å². The summed E-state index contributed by atoms with van der Waals surface area (Å²) >= 11 is 0. The fourth-order valence-corrected chi connectivity index (χ4v) is 2.66. The molecule has 2 rings (SSSR count). The molecule has 0 amide bonds. The van der Waals surface area contributed by atoms with Gasteiger partial charge in [0, 0.05) is 5.56 Å². The molecule has 2 aromatic carbocycles. The van der Waals surface area contributed by atoms with E-state index in [2.05, 4.69) is 9.93 Å². The summed E-state index contributed by atoms with van der Waals surface area (Å²) in [7, 11) is -2.11. The number of ether oxygens (including phenoxy) is 1. The molecule has 2 aromatic rings. The molecule has 5 nitrogen and oxygen atoms in total. The van der Waals surface area contributed by atoms with Crippen molar-refractivity contribution in [2.24, 2.45) is 5.10 Å². The van der Waals surface area contributed by atoms with E-state index in [-0.39, 0.29) is 4.90 Å². The van der Waals surface area contributed by atoms with Crippen molar-refractivity contribution in [3.63, 3.8) is 0 Å². The van der Waals surface area contributed by atoms with E-state index in [4.69, 9.17) is 4.74 Å². The average molecular weight is 304 g/mol. The lowest BCUT2D eigenvalue weighted by molar-refractivity contribution is 0.414. The number of hydrazone groups is 1. The van der Waals surface area contributed by atoms with Crippen molar-refractivity contribution in [3.05, 3.63) is 60.2 Å². The lowest BCUT2D eigenvalue weighted by Crippen LogP contribution is -2.20. The average Bonchev–Trinajstić information content (AvgIpc) is 2.53. The number of rotatable bonds is 5. The van der Waals surface area contributed by atoms with Crippen molar-refractivity contribution in [2.75, 3.05) is 7.11 Å². The van der Waals surface area contributed by atoms with Gasteiger partial charge in [0.15, 0.2) is 0 Å². The number of methoxy groups -OCH3 is 1. The van der Waals surface area contributed by atoms with Gasteiger partial charge in [-0.05, 0) is 31.2 Å². The molecule has 1 N–H and O–H groups in total. The van der Waals surface area contributed by atoms with Gasteiger partial charge in [-0.3, -0.25) is 0 Å². The Morgan fingerprint density at radius 1 is 1.05 bits per heavy atom. The molecule has 0 aliphatic heterocycles. The smallest absolute Gasteiger partial charge is 0.276 e. The number of hydrogen-bond acceptors (Lipinski definition) is 4. The highest BCUT2D eigenvalue weighted by Crippen LogP contribution is 2.18. The molecule has 0 bridgehead atoms. The summed E-state index contributed by atoms with van der Waals surface area (Å²) in [6.07, 6.45) is 0. The van der Waals surface area contributed by atoms with Gasteiger partial charge in [-0.2, -0.15) is 18.4 Å². The van der Waals surface area contributed by atoms with Crippen molar-refractivity contribution in [1.82, 2.24) is 4.83 Å². The molecule has 0 saturated heterocycles. The predicted octanol–water partition coefficient (Wildman–Crippen LogP) is 2.40. The van der Waals surface area contributed by atoms with E-state index in [0.29, 0.717) is 11.5 Å². The fourth-order valence-electron chi connectivity index (χ4n) is 1.78. The van der Waals surface area contributed by atoms with Crippen LogP contribution in [-0.4, -0.2) is 21.2 Å². The number of para-hydroxylation sites is 1. The number of hydrogen-bond donors (Lipinski definition) is 1. The Hall–Kier alpha value is -2.34. The van der Waals surface area contributed by atoms with Gasteiger partial charge in [0.25, 0.3) is 10.0 Å². The molecule has 0 saturated carbocycles. The lowest BCUT2D eigenvalue weighted by Gasteiger charge is -2.08. The molecule has 110 valence electrons. The molecular formula is C15H16N2O3S. The monoisotopic (exact) mass is 304 g/mol. The van der Waals surface area contributed by atoms with Crippen molar-refractivity contribution in [2.45, 2.75) is 11.8 Å². The minimum atomic E-state index is -3.66. The van der Waals surface area contributed by atoms with Crippen LogP contribution in [-0.2, 0) is 10.0 Å². The largest absolute Gasteiger partial charge is 0.496 e. The maximum atomic E-state index is 12.1. The Morgan fingerprint density at radius 2 is 1.67 bits per heavy atom. The molecule has 0 atom stereocenters. The highest BCUT2D eigenvalue weighted by Gasteiger charge is 2.12. The van der Waals surface area contributed by atoms with E-state index in [1.807, 2.05) is 18.2 Å². The van der Waals surface area contributed by atoms with Crippen LogP contribution in [0.3, 0.4) is 0 Å². The van der Waals surface area contributed by atoms with Crippen LogP contribution >= 0.6 is 0 Å². The summed E-state index contributed by atoms with van der Waals surface area (Å²) in [6, 6.07) is 15.4. The minimum Gasteiger partial charge on any atom is -0.496 e. The minimum absolute atomic E-state index is 0.168. The normalized spacial score (nSPS) is 12.0. The number of sulfonamides is 1. The summed E-state index contributed by atoms with van der Waals surface area (Å²) in [4.78, 5) is 2.40. The van der Waals surface area contributed by atoms with Gasteiger partial charge in [-0.15, -0.1) is 0 Å². The van der Waals surface area contributed by atoms with Gasteiger partial charge in [-0.25, -0.2) is 0 Å². The molecule has 21 heavy (non-hydrogen) atoms. The third-order valence-electron chi connectivity index (χ3n) is 2.88. The Bertz CT molecular complexity index is 741. The first kappa shape index (κ1) is 15.1. The zero-order valence-electron chi connectivity index (χ0n) is 11.8. The quantitative estimate of drug-likeness (QED) is 0.681. The summed E-state index contributed by atoms with van der Waals surface area (Å²) in [5, 5.41) is 3.95. The molecule has 0 aliphatic rings. The SMILES string of the molecule is COc1ccccc1/C(C)=N/NS(=O)(=O)c1ccccc1. The van der Waals surface area contributed by atoms with Crippen LogP contribution in [0.15, 0.2) is 64.6 Å². The molecule has 0 radical (unpaired) electrons. The lowest BCUT2D eigenvalue weighted by atomic mass is 10.1. The van der Waals surface area contributed by atoms with Crippen LogP contribution in [0.25, 0.3) is 0 Å². The van der Waals surface area contributed by atoms with Crippen LogP contribution in [0.1, 0.15) is 12.5 Å². The molecule has 0 aromatic heterocycles. The molecule has 0 spiro atoms. The van der Waals surface area contributed by atoms with Crippen LogP contribution in [0.5, 0.6) is 5.75 Å². The van der Waals surface area contributed by atoms with Crippen molar-refractivity contribution < 1.29 is 13.2 Å². The molecule has 6 heteroatoms. The Balaban J connectivity index is 2.25. The number of benzene rings is 2. The van der Waals surface area contributed by atoms with Gasteiger partial charge < -0.3 is 4.74 Å². The first-order valence-corrected chi connectivity index (χ1v) is 7.77. The number of nitrogens with zero attached hydrogens (tertiary/aromatic N) is 1. The van der Waals surface area contributed by atoms with E-state index in [1.165, 1.54) is 12.1 Å². The van der Waals surface area contributed by atoms with Crippen molar-refractivity contribution >= 4 is 15.7 Å². The standard InChI is InChI=1S/C15H16N2O3S/c1-12(14-10-6-7-11-15(14)20-2)16-17-21(18,19)13-8-4-3-5-9-13/h3-11,17H,1-2H3/b16-12+. The van der Waals surface area contributed by atoms with Gasteiger partial charge in [-0.1, -0.05) is 30.3 Å². The summed E-state index contributed by atoms with van der Waals surface area (Å²) in [6.45, 7) is 1.71. The summed E-state index contributed by atoms with van der Waals surface area (Å²) in [5.41, 5.74) is 1.25.